The molecule has 0 atom stereocenters. The van der Waals surface area contributed by atoms with Gasteiger partial charge in [0.15, 0.2) is 0 Å². The van der Waals surface area contributed by atoms with Crippen LogP contribution < -0.4 is 0 Å². The quantitative estimate of drug-likeness (QED) is 0.607. The molecular formula is C13H13N3O2. The molecule has 2 aromatic heterocycles. The summed E-state index contributed by atoms with van der Waals surface area (Å²) in [4.78, 5) is 15.3. The molecule has 0 unspecified atom stereocenters. The molecule has 0 aliphatic carbocycles. The summed E-state index contributed by atoms with van der Waals surface area (Å²) in [7, 11) is 0. The van der Waals surface area contributed by atoms with Crippen molar-refractivity contribution >= 4 is 12.0 Å². The van der Waals surface area contributed by atoms with Crippen molar-refractivity contribution in [3.8, 4) is 5.69 Å². The summed E-state index contributed by atoms with van der Waals surface area (Å²) in [5.41, 5.74) is 1.65. The van der Waals surface area contributed by atoms with Crippen LogP contribution in [0.3, 0.4) is 0 Å². The minimum atomic E-state index is -0.359. The van der Waals surface area contributed by atoms with Gasteiger partial charge in [-0.15, -0.1) is 0 Å². The fourth-order valence-electron chi connectivity index (χ4n) is 1.44. The molecule has 0 aliphatic rings. The fraction of sp³-hybridized carbons (Fsp3) is 0.154. The summed E-state index contributed by atoms with van der Waals surface area (Å²) in [6.45, 7) is 2.14. The summed E-state index contributed by atoms with van der Waals surface area (Å²) in [6, 6.07) is 3.72. The zero-order chi connectivity index (χ0) is 12.8. The molecule has 18 heavy (non-hydrogen) atoms. The average molecular weight is 243 g/mol. The average Bonchev–Trinajstić information content (AvgIpc) is 2.91. The van der Waals surface area contributed by atoms with Crippen LogP contribution in [0.2, 0.25) is 0 Å². The second-order valence-corrected chi connectivity index (χ2v) is 3.51. The number of ether oxygens (including phenoxy) is 1. The van der Waals surface area contributed by atoms with Crippen LogP contribution in [0, 0.1) is 0 Å². The second-order valence-electron chi connectivity index (χ2n) is 3.51. The highest BCUT2D eigenvalue weighted by Crippen LogP contribution is 2.08. The summed E-state index contributed by atoms with van der Waals surface area (Å²) in [6.07, 6.45) is 9.94. The lowest BCUT2D eigenvalue weighted by atomic mass is 10.2. The van der Waals surface area contributed by atoms with E-state index in [-0.39, 0.29) is 5.97 Å². The second kappa shape index (κ2) is 5.77. The Kier molecular flexibility index (Phi) is 3.86. The third-order valence-electron chi connectivity index (χ3n) is 2.21. The number of carbonyl (C=O) groups excluding carboxylic acids is 1. The number of hydrogen-bond donors (Lipinski definition) is 0. The minimum Gasteiger partial charge on any atom is -0.463 e. The maximum atomic E-state index is 11.2. The van der Waals surface area contributed by atoms with E-state index in [2.05, 4.69) is 10.1 Å². The molecule has 2 heterocycles. The Morgan fingerprint density at radius 2 is 2.39 bits per heavy atom. The lowest BCUT2D eigenvalue weighted by Crippen LogP contribution is -1.99. The molecule has 0 fully saturated rings. The van der Waals surface area contributed by atoms with Gasteiger partial charge in [-0.2, -0.15) is 5.10 Å². The summed E-state index contributed by atoms with van der Waals surface area (Å²) in [5, 5.41) is 4.11. The molecule has 0 amide bonds. The lowest BCUT2D eigenvalue weighted by Gasteiger charge is -2.01. The molecule has 0 aromatic carbocycles. The molecular weight excluding hydrogens is 230 g/mol. The minimum absolute atomic E-state index is 0.359. The van der Waals surface area contributed by atoms with Crippen LogP contribution in [-0.4, -0.2) is 27.3 Å². The highest BCUT2D eigenvalue weighted by molar-refractivity contribution is 5.87. The molecule has 0 saturated heterocycles. The van der Waals surface area contributed by atoms with Gasteiger partial charge in [-0.1, -0.05) is 0 Å². The Morgan fingerprint density at radius 1 is 1.50 bits per heavy atom. The van der Waals surface area contributed by atoms with E-state index in [1.54, 1.807) is 36.3 Å². The van der Waals surface area contributed by atoms with E-state index in [0.29, 0.717) is 6.61 Å². The van der Waals surface area contributed by atoms with Crippen LogP contribution in [0.1, 0.15) is 12.5 Å². The third-order valence-corrected chi connectivity index (χ3v) is 2.21. The van der Waals surface area contributed by atoms with Gasteiger partial charge in [-0.05, 0) is 30.7 Å². The molecule has 0 N–H and O–H groups in total. The number of pyridine rings is 1. The van der Waals surface area contributed by atoms with Crippen LogP contribution in [0.4, 0.5) is 0 Å². The Hall–Kier alpha value is -2.43. The number of esters is 1. The van der Waals surface area contributed by atoms with Gasteiger partial charge in [0.25, 0.3) is 0 Å². The Morgan fingerprint density at radius 3 is 3.11 bits per heavy atom. The van der Waals surface area contributed by atoms with Gasteiger partial charge in [0.05, 0.1) is 18.5 Å². The van der Waals surface area contributed by atoms with E-state index < -0.39 is 0 Å². The predicted octanol–water partition coefficient (Wildman–Crippen LogP) is 1.84. The van der Waals surface area contributed by atoms with Crippen molar-refractivity contribution in [1.82, 2.24) is 14.8 Å². The molecule has 0 bridgehead atoms. The van der Waals surface area contributed by atoms with Crippen LogP contribution in [-0.2, 0) is 9.53 Å². The van der Waals surface area contributed by atoms with Crippen molar-refractivity contribution < 1.29 is 9.53 Å². The predicted molar refractivity (Wildman–Crippen MR) is 67.0 cm³/mol. The summed E-state index contributed by atoms with van der Waals surface area (Å²) in [5.74, 6) is -0.359. The van der Waals surface area contributed by atoms with Crippen molar-refractivity contribution in [1.29, 1.82) is 0 Å². The summed E-state index contributed by atoms with van der Waals surface area (Å²) < 4.78 is 6.51. The zero-order valence-corrected chi connectivity index (χ0v) is 9.98. The van der Waals surface area contributed by atoms with Gasteiger partial charge in [-0.3, -0.25) is 4.98 Å². The van der Waals surface area contributed by atoms with Crippen molar-refractivity contribution in [2.45, 2.75) is 6.92 Å². The first-order valence-electron chi connectivity index (χ1n) is 5.59. The summed E-state index contributed by atoms with van der Waals surface area (Å²) >= 11 is 0. The number of hydrogen-bond acceptors (Lipinski definition) is 4. The topological polar surface area (TPSA) is 57.0 Å². The first-order valence-corrected chi connectivity index (χ1v) is 5.59. The van der Waals surface area contributed by atoms with E-state index >= 15 is 0 Å². The Bertz CT molecular complexity index is 547. The zero-order valence-electron chi connectivity index (χ0n) is 9.98. The van der Waals surface area contributed by atoms with E-state index in [9.17, 15) is 4.79 Å². The third kappa shape index (κ3) is 3.04. The Labute approximate surface area is 105 Å². The van der Waals surface area contributed by atoms with Gasteiger partial charge >= 0.3 is 5.97 Å². The number of carbonyl (C=O) groups is 1. The van der Waals surface area contributed by atoms with Crippen molar-refractivity contribution in [3.63, 3.8) is 0 Å². The van der Waals surface area contributed by atoms with Gasteiger partial charge in [0.2, 0.25) is 0 Å². The number of aromatic nitrogens is 3. The normalized spacial score (nSPS) is 10.7. The van der Waals surface area contributed by atoms with Crippen LogP contribution in [0.15, 0.2) is 43.0 Å². The number of rotatable bonds is 4. The van der Waals surface area contributed by atoms with Crippen LogP contribution in [0.5, 0.6) is 0 Å². The highest BCUT2D eigenvalue weighted by Gasteiger charge is 1.98. The van der Waals surface area contributed by atoms with Crippen LogP contribution >= 0.6 is 0 Å². The maximum absolute atomic E-state index is 11.2. The molecule has 0 aliphatic heterocycles. The molecule has 2 aromatic rings. The van der Waals surface area contributed by atoms with Crippen molar-refractivity contribution in [2.24, 2.45) is 0 Å². The van der Waals surface area contributed by atoms with Gasteiger partial charge in [-0.25, -0.2) is 9.48 Å². The van der Waals surface area contributed by atoms with E-state index in [4.69, 9.17) is 4.74 Å². The SMILES string of the molecule is CCOC(=O)/C=C/c1cncc(-n2cccn2)c1. The Balaban J connectivity index is 2.15. The maximum Gasteiger partial charge on any atom is 0.330 e. The monoisotopic (exact) mass is 243 g/mol. The molecule has 5 heteroatoms. The fourth-order valence-corrected chi connectivity index (χ4v) is 1.44. The largest absolute Gasteiger partial charge is 0.463 e. The van der Waals surface area contributed by atoms with E-state index in [1.807, 2.05) is 18.3 Å². The smallest absolute Gasteiger partial charge is 0.330 e. The van der Waals surface area contributed by atoms with Crippen molar-refractivity contribution in [3.05, 3.63) is 48.6 Å². The van der Waals surface area contributed by atoms with Gasteiger partial charge < -0.3 is 4.74 Å². The van der Waals surface area contributed by atoms with Gasteiger partial charge in [0, 0.05) is 24.7 Å². The first kappa shape index (κ1) is 12.0. The van der Waals surface area contributed by atoms with Gasteiger partial charge in [0.1, 0.15) is 0 Å². The molecule has 92 valence electrons. The standard InChI is InChI=1S/C13H13N3O2/c1-2-18-13(17)5-4-11-8-12(10-14-9-11)16-7-3-6-15-16/h3-10H,2H2,1H3/b5-4+. The first-order chi connectivity index (χ1) is 8.79. The molecule has 0 radical (unpaired) electrons. The lowest BCUT2D eigenvalue weighted by molar-refractivity contribution is -0.137. The highest BCUT2D eigenvalue weighted by atomic mass is 16.5. The molecule has 0 saturated carbocycles. The van der Waals surface area contributed by atoms with E-state index in [0.717, 1.165) is 11.3 Å². The van der Waals surface area contributed by atoms with Crippen LogP contribution in [0.25, 0.3) is 11.8 Å². The number of nitrogens with zero attached hydrogens (tertiary/aromatic N) is 3. The molecule has 0 spiro atoms. The van der Waals surface area contributed by atoms with E-state index in [1.165, 1.54) is 6.08 Å². The molecule has 5 nitrogen and oxygen atoms in total. The molecule has 2 rings (SSSR count). The van der Waals surface area contributed by atoms with Crippen molar-refractivity contribution in [2.75, 3.05) is 6.61 Å².